The molecule has 6 heteroatoms. The van der Waals surface area contributed by atoms with E-state index in [-0.39, 0.29) is 5.41 Å². The molecule has 136 valence electrons. The van der Waals surface area contributed by atoms with Crippen molar-refractivity contribution in [3.63, 3.8) is 0 Å². The van der Waals surface area contributed by atoms with Gasteiger partial charge < -0.3 is 14.6 Å². The molecule has 1 aliphatic rings. The molecule has 0 aromatic carbocycles. The number of imidazole rings is 1. The number of aromatic amines is 1. The van der Waals surface area contributed by atoms with Crippen molar-refractivity contribution in [3.05, 3.63) is 36.2 Å². The van der Waals surface area contributed by atoms with Crippen molar-refractivity contribution in [2.24, 2.45) is 5.92 Å². The molecule has 2 aromatic heterocycles. The fourth-order valence-electron chi connectivity index (χ4n) is 3.10. The molecule has 0 radical (unpaired) electrons. The molecule has 3 rings (SSSR count). The van der Waals surface area contributed by atoms with E-state index < -0.39 is 0 Å². The van der Waals surface area contributed by atoms with E-state index in [1.807, 2.05) is 12.3 Å². The molecule has 0 unspecified atom stereocenters. The highest BCUT2D eigenvalue weighted by molar-refractivity contribution is 5.29. The average Bonchev–Trinajstić information content (AvgIpc) is 3.09. The Morgan fingerprint density at radius 1 is 1.16 bits per heavy atom. The smallest absolute Gasteiger partial charge is 0.225 e. The quantitative estimate of drug-likeness (QED) is 0.871. The third kappa shape index (κ3) is 5.01. The van der Waals surface area contributed by atoms with Crippen molar-refractivity contribution < 1.29 is 4.74 Å². The maximum atomic E-state index is 5.47. The van der Waals surface area contributed by atoms with Crippen LogP contribution in [0.4, 0.5) is 5.95 Å². The molecule has 25 heavy (non-hydrogen) atoms. The van der Waals surface area contributed by atoms with Crippen LogP contribution >= 0.6 is 0 Å². The van der Waals surface area contributed by atoms with Gasteiger partial charge in [-0.25, -0.2) is 15.0 Å². The largest absolute Gasteiger partial charge is 0.381 e. The number of H-pyrrole nitrogens is 1. The number of nitrogens with zero attached hydrogens (tertiary/aromatic N) is 4. The topological polar surface area (TPSA) is 66.9 Å². The summed E-state index contributed by atoms with van der Waals surface area (Å²) in [6.45, 7) is 9.97. The first-order chi connectivity index (χ1) is 12.0. The Hall–Kier alpha value is -1.95. The lowest BCUT2D eigenvalue weighted by molar-refractivity contribution is 0.0644. The summed E-state index contributed by atoms with van der Waals surface area (Å²) in [7, 11) is 0. The van der Waals surface area contributed by atoms with Crippen LogP contribution in [0.5, 0.6) is 0 Å². The molecule has 0 spiro atoms. The minimum absolute atomic E-state index is 0.0222. The first-order valence-electron chi connectivity index (χ1n) is 9.16. The molecule has 1 N–H and O–H groups in total. The van der Waals surface area contributed by atoms with Gasteiger partial charge in [0.15, 0.2) is 0 Å². The zero-order chi connectivity index (χ0) is 17.7. The predicted octanol–water partition coefficient (Wildman–Crippen LogP) is 3.32. The maximum Gasteiger partial charge on any atom is 0.225 e. The highest BCUT2D eigenvalue weighted by atomic mass is 16.5. The van der Waals surface area contributed by atoms with Crippen LogP contribution in [0.3, 0.4) is 0 Å². The Kier molecular flexibility index (Phi) is 5.68. The maximum absolute atomic E-state index is 5.47. The number of ether oxygens (including phenoxy) is 1. The monoisotopic (exact) mass is 343 g/mol. The highest BCUT2D eigenvalue weighted by Crippen LogP contribution is 2.22. The molecule has 2 aromatic rings. The second kappa shape index (κ2) is 7.95. The van der Waals surface area contributed by atoms with Gasteiger partial charge in [-0.2, -0.15) is 0 Å². The van der Waals surface area contributed by atoms with Crippen LogP contribution < -0.4 is 4.90 Å². The summed E-state index contributed by atoms with van der Waals surface area (Å²) >= 11 is 0. The summed E-state index contributed by atoms with van der Waals surface area (Å²) in [6, 6.07) is 1.86. The average molecular weight is 343 g/mol. The summed E-state index contributed by atoms with van der Waals surface area (Å²) in [5, 5.41) is 0. The van der Waals surface area contributed by atoms with E-state index in [1.165, 1.54) is 0 Å². The van der Waals surface area contributed by atoms with Crippen LogP contribution in [0.15, 0.2) is 24.7 Å². The molecule has 0 aliphatic carbocycles. The molecule has 1 aliphatic heterocycles. The second-order valence-electron chi connectivity index (χ2n) is 7.82. The number of hydrogen-bond donors (Lipinski definition) is 1. The van der Waals surface area contributed by atoms with Gasteiger partial charge in [0, 0.05) is 37.6 Å². The number of hydrogen-bond acceptors (Lipinski definition) is 5. The van der Waals surface area contributed by atoms with Crippen molar-refractivity contribution in [1.82, 2.24) is 19.9 Å². The molecule has 1 fully saturated rings. The number of aromatic nitrogens is 4. The fourth-order valence-corrected chi connectivity index (χ4v) is 3.10. The molecule has 0 amide bonds. The van der Waals surface area contributed by atoms with Gasteiger partial charge in [-0.15, -0.1) is 0 Å². The van der Waals surface area contributed by atoms with Gasteiger partial charge in [0.05, 0.1) is 18.4 Å². The third-order valence-electron chi connectivity index (χ3n) is 4.68. The van der Waals surface area contributed by atoms with Gasteiger partial charge in [-0.1, -0.05) is 20.8 Å². The molecule has 0 atom stereocenters. The minimum atomic E-state index is 0.0222. The molecule has 0 bridgehead atoms. The van der Waals surface area contributed by atoms with Crippen LogP contribution in [-0.4, -0.2) is 39.7 Å². The Morgan fingerprint density at radius 3 is 2.52 bits per heavy atom. The van der Waals surface area contributed by atoms with Crippen LogP contribution in [0, 0.1) is 5.92 Å². The highest BCUT2D eigenvalue weighted by Gasteiger charge is 2.20. The van der Waals surface area contributed by atoms with Crippen molar-refractivity contribution >= 4 is 5.95 Å². The Labute approximate surface area is 150 Å². The molecular weight excluding hydrogens is 314 g/mol. The van der Waals surface area contributed by atoms with Gasteiger partial charge in [0.25, 0.3) is 0 Å². The number of rotatable bonds is 6. The van der Waals surface area contributed by atoms with E-state index in [0.29, 0.717) is 0 Å². The summed E-state index contributed by atoms with van der Waals surface area (Å²) in [5.41, 5.74) is 1.12. The van der Waals surface area contributed by atoms with Gasteiger partial charge in [-0.3, -0.25) is 0 Å². The molecule has 6 nitrogen and oxygen atoms in total. The standard InChI is InChI=1S/C19H29N5O/c1-19(2,3)17-22-13-16(23-17)14-24(18-20-8-4-9-21-18)10-5-15-6-11-25-12-7-15/h4,8-9,13,15H,5-7,10-12,14H2,1-3H3,(H,22,23). The lowest BCUT2D eigenvalue weighted by atomic mass is 9.96. The van der Waals surface area contributed by atoms with Gasteiger partial charge >= 0.3 is 0 Å². The van der Waals surface area contributed by atoms with Gasteiger partial charge in [-0.05, 0) is 31.2 Å². The summed E-state index contributed by atoms with van der Waals surface area (Å²) in [4.78, 5) is 19.2. The van der Waals surface area contributed by atoms with E-state index in [4.69, 9.17) is 4.74 Å². The van der Waals surface area contributed by atoms with Crippen LogP contribution in [0.1, 0.15) is 51.6 Å². The zero-order valence-corrected chi connectivity index (χ0v) is 15.5. The van der Waals surface area contributed by atoms with Gasteiger partial charge in [0.1, 0.15) is 5.82 Å². The van der Waals surface area contributed by atoms with E-state index in [9.17, 15) is 0 Å². The van der Waals surface area contributed by atoms with Crippen LogP contribution in [-0.2, 0) is 16.7 Å². The zero-order valence-electron chi connectivity index (χ0n) is 15.5. The Bertz CT molecular complexity index is 643. The summed E-state index contributed by atoms with van der Waals surface area (Å²) in [6.07, 6.45) is 8.99. The van der Waals surface area contributed by atoms with Crippen molar-refractivity contribution in [2.45, 2.75) is 52.0 Å². The summed E-state index contributed by atoms with van der Waals surface area (Å²) in [5.74, 6) is 2.52. The first kappa shape index (κ1) is 17.9. The second-order valence-corrected chi connectivity index (χ2v) is 7.82. The Morgan fingerprint density at radius 2 is 1.88 bits per heavy atom. The third-order valence-corrected chi connectivity index (χ3v) is 4.68. The predicted molar refractivity (Wildman–Crippen MR) is 98.5 cm³/mol. The molecular formula is C19H29N5O. The van der Waals surface area contributed by atoms with E-state index in [2.05, 4.69) is 45.6 Å². The minimum Gasteiger partial charge on any atom is -0.381 e. The normalized spacial score (nSPS) is 16.1. The lowest BCUT2D eigenvalue weighted by Gasteiger charge is -2.27. The first-order valence-corrected chi connectivity index (χ1v) is 9.16. The van der Waals surface area contributed by atoms with E-state index in [1.54, 1.807) is 12.4 Å². The van der Waals surface area contributed by atoms with Crippen molar-refractivity contribution in [3.8, 4) is 0 Å². The van der Waals surface area contributed by atoms with Crippen molar-refractivity contribution in [2.75, 3.05) is 24.7 Å². The van der Waals surface area contributed by atoms with E-state index in [0.717, 1.165) is 69.0 Å². The van der Waals surface area contributed by atoms with Crippen LogP contribution in [0.2, 0.25) is 0 Å². The number of nitrogens with one attached hydrogen (secondary N) is 1. The molecule has 3 heterocycles. The van der Waals surface area contributed by atoms with E-state index >= 15 is 0 Å². The SMILES string of the molecule is CC(C)(C)c1ncc(CN(CCC2CCOCC2)c2ncccn2)[nH]1. The molecule has 0 saturated carbocycles. The summed E-state index contributed by atoms with van der Waals surface area (Å²) < 4.78 is 5.47. The number of anilines is 1. The lowest BCUT2D eigenvalue weighted by Crippen LogP contribution is -2.29. The Balaban J connectivity index is 1.69. The van der Waals surface area contributed by atoms with Crippen LogP contribution in [0.25, 0.3) is 0 Å². The fraction of sp³-hybridized carbons (Fsp3) is 0.632. The van der Waals surface area contributed by atoms with Crippen molar-refractivity contribution in [1.29, 1.82) is 0 Å². The molecule has 1 saturated heterocycles. The van der Waals surface area contributed by atoms with Gasteiger partial charge in [0.2, 0.25) is 5.95 Å².